The molecule has 0 bridgehead atoms. The molecule has 27 heavy (non-hydrogen) atoms. The van der Waals surface area contributed by atoms with Crippen molar-refractivity contribution in [3.8, 4) is 0 Å². The highest BCUT2D eigenvalue weighted by Crippen LogP contribution is 2.22. The van der Waals surface area contributed by atoms with Gasteiger partial charge >= 0.3 is 6.03 Å². The number of benzene rings is 2. The van der Waals surface area contributed by atoms with Crippen LogP contribution in [0.1, 0.15) is 34.3 Å². The number of hydrogen-bond acceptors (Lipinski definition) is 3. The summed E-state index contributed by atoms with van der Waals surface area (Å²) in [4.78, 5) is 36.7. The molecule has 1 heterocycles. The normalized spacial score (nSPS) is 13.5. The number of carbonyl (C=O) groups is 3. The predicted molar refractivity (Wildman–Crippen MR) is 102 cm³/mol. The Bertz CT molecular complexity index is 849. The lowest BCUT2D eigenvalue weighted by Gasteiger charge is -2.16. The van der Waals surface area contributed by atoms with Gasteiger partial charge in [0.25, 0.3) is 5.91 Å². The summed E-state index contributed by atoms with van der Waals surface area (Å²) >= 11 is 0. The van der Waals surface area contributed by atoms with Crippen molar-refractivity contribution in [3.63, 3.8) is 0 Å². The molecular formula is C20H22N4O3. The Hall–Kier alpha value is -3.35. The van der Waals surface area contributed by atoms with Crippen LogP contribution in [0.15, 0.2) is 48.5 Å². The molecule has 7 heteroatoms. The fourth-order valence-electron chi connectivity index (χ4n) is 3.00. The molecular weight excluding hydrogens is 344 g/mol. The third-order valence-electron chi connectivity index (χ3n) is 4.43. The fourth-order valence-corrected chi connectivity index (χ4v) is 3.00. The number of nitrogens with two attached hydrogens (primary N) is 1. The number of urea groups is 1. The molecule has 1 saturated heterocycles. The molecule has 0 atom stereocenters. The molecule has 7 nitrogen and oxygen atoms in total. The Morgan fingerprint density at radius 3 is 2.41 bits per heavy atom. The van der Waals surface area contributed by atoms with Crippen molar-refractivity contribution in [2.45, 2.75) is 25.9 Å². The van der Waals surface area contributed by atoms with Gasteiger partial charge < -0.3 is 21.3 Å². The number of rotatable bonds is 6. The van der Waals surface area contributed by atoms with Crippen LogP contribution in [-0.2, 0) is 17.9 Å². The number of primary amides is 1. The van der Waals surface area contributed by atoms with Crippen molar-refractivity contribution in [2.24, 2.45) is 5.73 Å². The van der Waals surface area contributed by atoms with Gasteiger partial charge in [-0.2, -0.15) is 0 Å². The first-order chi connectivity index (χ1) is 13.0. The van der Waals surface area contributed by atoms with Gasteiger partial charge in [0.1, 0.15) is 0 Å². The number of nitrogens with one attached hydrogen (secondary N) is 2. The topological polar surface area (TPSA) is 105 Å². The Morgan fingerprint density at radius 2 is 1.74 bits per heavy atom. The Labute approximate surface area is 157 Å². The van der Waals surface area contributed by atoms with Crippen LogP contribution in [0.2, 0.25) is 0 Å². The fraction of sp³-hybridized carbons (Fsp3) is 0.250. The maximum atomic E-state index is 12.3. The first-order valence-corrected chi connectivity index (χ1v) is 8.82. The third kappa shape index (κ3) is 4.84. The lowest BCUT2D eigenvalue weighted by molar-refractivity contribution is -0.117. The minimum absolute atomic E-state index is 0.141. The average Bonchev–Trinajstić information content (AvgIpc) is 3.11. The summed E-state index contributed by atoms with van der Waals surface area (Å²) < 4.78 is 0. The molecule has 3 rings (SSSR count). The van der Waals surface area contributed by atoms with Gasteiger partial charge in [-0.05, 0) is 41.8 Å². The number of carbonyl (C=O) groups excluding carboxylic acids is 3. The van der Waals surface area contributed by atoms with E-state index in [0.29, 0.717) is 25.1 Å². The summed E-state index contributed by atoms with van der Waals surface area (Å²) in [5.41, 5.74) is 8.23. The third-order valence-corrected chi connectivity index (χ3v) is 4.43. The Balaban J connectivity index is 1.57. The molecule has 0 spiro atoms. The van der Waals surface area contributed by atoms with Crippen LogP contribution in [0.25, 0.3) is 0 Å². The zero-order valence-corrected chi connectivity index (χ0v) is 14.9. The summed E-state index contributed by atoms with van der Waals surface area (Å²) in [6.07, 6.45) is 1.47. The van der Waals surface area contributed by atoms with Crippen molar-refractivity contribution in [2.75, 3.05) is 11.4 Å². The van der Waals surface area contributed by atoms with E-state index in [0.717, 1.165) is 29.8 Å². The quantitative estimate of drug-likeness (QED) is 0.727. The monoisotopic (exact) mass is 366 g/mol. The second-order valence-corrected chi connectivity index (χ2v) is 6.42. The standard InChI is InChI=1S/C20H22N4O3/c21-20(27)23-12-14-6-8-16(9-7-14)19(26)22-13-15-3-1-4-17(11-15)24-10-2-5-18(24)25/h1,3-4,6-9,11H,2,5,10,12-13H2,(H,22,26)(H3,21,23,27). The molecule has 2 aromatic rings. The van der Waals surface area contributed by atoms with E-state index in [1.165, 1.54) is 0 Å². The molecule has 0 saturated carbocycles. The van der Waals surface area contributed by atoms with Gasteiger partial charge in [-0.3, -0.25) is 9.59 Å². The van der Waals surface area contributed by atoms with Crippen LogP contribution in [0, 0.1) is 0 Å². The molecule has 140 valence electrons. The van der Waals surface area contributed by atoms with Gasteiger partial charge in [0.15, 0.2) is 0 Å². The average molecular weight is 366 g/mol. The van der Waals surface area contributed by atoms with Crippen LogP contribution >= 0.6 is 0 Å². The predicted octanol–water partition coefficient (Wildman–Crippen LogP) is 1.91. The molecule has 1 aliphatic rings. The second-order valence-electron chi connectivity index (χ2n) is 6.42. The van der Waals surface area contributed by atoms with E-state index >= 15 is 0 Å². The van der Waals surface area contributed by atoms with E-state index in [1.807, 2.05) is 24.3 Å². The first kappa shape index (κ1) is 18.4. The minimum atomic E-state index is -0.588. The van der Waals surface area contributed by atoms with Gasteiger partial charge in [-0.15, -0.1) is 0 Å². The zero-order chi connectivity index (χ0) is 19.2. The molecule has 4 amide bonds. The van der Waals surface area contributed by atoms with Crippen LogP contribution in [0.5, 0.6) is 0 Å². The smallest absolute Gasteiger partial charge is 0.312 e. The van der Waals surface area contributed by atoms with Gasteiger partial charge in [0.05, 0.1) is 0 Å². The summed E-state index contributed by atoms with van der Waals surface area (Å²) in [6.45, 7) is 1.44. The highest BCUT2D eigenvalue weighted by atomic mass is 16.2. The van der Waals surface area contributed by atoms with E-state index < -0.39 is 6.03 Å². The maximum absolute atomic E-state index is 12.3. The van der Waals surface area contributed by atoms with Crippen molar-refractivity contribution in [3.05, 3.63) is 65.2 Å². The summed E-state index contributed by atoms with van der Waals surface area (Å²) in [6, 6.07) is 14.0. The van der Waals surface area contributed by atoms with E-state index in [4.69, 9.17) is 5.73 Å². The van der Waals surface area contributed by atoms with Crippen molar-refractivity contribution in [1.82, 2.24) is 10.6 Å². The van der Waals surface area contributed by atoms with Gasteiger partial charge in [0.2, 0.25) is 5.91 Å². The molecule has 4 N–H and O–H groups in total. The summed E-state index contributed by atoms with van der Waals surface area (Å²) in [5.74, 6) is -0.0471. The van der Waals surface area contributed by atoms with E-state index in [2.05, 4.69) is 10.6 Å². The number of anilines is 1. The SMILES string of the molecule is NC(=O)NCc1ccc(C(=O)NCc2cccc(N3CCCC3=O)c2)cc1. The van der Waals surface area contributed by atoms with E-state index in [9.17, 15) is 14.4 Å². The molecule has 1 fully saturated rings. The molecule has 2 aromatic carbocycles. The van der Waals surface area contributed by atoms with Crippen LogP contribution < -0.4 is 21.3 Å². The lowest BCUT2D eigenvalue weighted by atomic mass is 10.1. The molecule has 0 radical (unpaired) electrons. The first-order valence-electron chi connectivity index (χ1n) is 8.82. The van der Waals surface area contributed by atoms with Gasteiger partial charge in [0, 0.05) is 37.3 Å². The van der Waals surface area contributed by atoms with Gasteiger partial charge in [-0.25, -0.2) is 4.79 Å². The van der Waals surface area contributed by atoms with Gasteiger partial charge in [-0.1, -0.05) is 24.3 Å². The highest BCUT2D eigenvalue weighted by Gasteiger charge is 2.21. The summed E-state index contributed by atoms with van der Waals surface area (Å²) in [5, 5.41) is 5.38. The lowest BCUT2D eigenvalue weighted by Crippen LogP contribution is -2.28. The van der Waals surface area contributed by atoms with Crippen LogP contribution in [-0.4, -0.2) is 24.4 Å². The van der Waals surface area contributed by atoms with Crippen molar-refractivity contribution >= 4 is 23.5 Å². The van der Waals surface area contributed by atoms with Crippen molar-refractivity contribution in [1.29, 1.82) is 0 Å². The minimum Gasteiger partial charge on any atom is -0.352 e. The molecule has 0 aliphatic carbocycles. The molecule has 0 aromatic heterocycles. The largest absolute Gasteiger partial charge is 0.352 e. The molecule has 1 aliphatic heterocycles. The van der Waals surface area contributed by atoms with Crippen LogP contribution in [0.3, 0.4) is 0 Å². The number of amides is 4. The Kier molecular flexibility index (Phi) is 5.71. The van der Waals surface area contributed by atoms with Crippen molar-refractivity contribution < 1.29 is 14.4 Å². The number of hydrogen-bond donors (Lipinski definition) is 3. The highest BCUT2D eigenvalue weighted by molar-refractivity contribution is 5.95. The van der Waals surface area contributed by atoms with Crippen LogP contribution in [0.4, 0.5) is 10.5 Å². The van der Waals surface area contributed by atoms with E-state index in [-0.39, 0.29) is 11.8 Å². The number of nitrogens with zero attached hydrogens (tertiary/aromatic N) is 1. The second kappa shape index (κ2) is 8.35. The summed E-state index contributed by atoms with van der Waals surface area (Å²) in [7, 11) is 0. The Morgan fingerprint density at radius 1 is 1.00 bits per heavy atom. The molecule has 0 unspecified atom stereocenters. The zero-order valence-electron chi connectivity index (χ0n) is 14.9. The van der Waals surface area contributed by atoms with E-state index in [1.54, 1.807) is 29.2 Å². The maximum Gasteiger partial charge on any atom is 0.312 e.